The number of likely N-dealkylation sites (N-methyl/N-ethyl adjacent to an activating group) is 1. The predicted octanol–water partition coefficient (Wildman–Crippen LogP) is 0.866. The van der Waals surface area contributed by atoms with E-state index in [1.165, 1.54) is 0 Å². The molecule has 1 aliphatic rings. The zero-order valence-electron chi connectivity index (χ0n) is 9.23. The van der Waals surface area contributed by atoms with Gasteiger partial charge in [-0.15, -0.1) is 0 Å². The van der Waals surface area contributed by atoms with E-state index in [1.807, 2.05) is 12.1 Å². The Bertz CT molecular complexity index is 374. The number of carbonyl (C=O) groups is 1. The van der Waals surface area contributed by atoms with Gasteiger partial charge in [-0.1, -0.05) is 12.1 Å². The molecule has 0 aromatic heterocycles. The third-order valence-electron chi connectivity index (χ3n) is 2.40. The van der Waals surface area contributed by atoms with Crippen LogP contribution >= 0.6 is 0 Å². The summed E-state index contributed by atoms with van der Waals surface area (Å²) < 4.78 is 10.6. The molecule has 16 heavy (non-hydrogen) atoms. The second-order valence-corrected chi connectivity index (χ2v) is 3.76. The Morgan fingerprint density at radius 1 is 1.56 bits per heavy atom. The van der Waals surface area contributed by atoms with E-state index in [1.54, 1.807) is 19.2 Å². The lowest BCUT2D eigenvalue weighted by atomic mass is 10.1. The van der Waals surface area contributed by atoms with Crippen molar-refractivity contribution in [3.05, 3.63) is 29.8 Å². The summed E-state index contributed by atoms with van der Waals surface area (Å²) in [7, 11) is 1.75. The van der Waals surface area contributed by atoms with E-state index < -0.39 is 0 Å². The van der Waals surface area contributed by atoms with Gasteiger partial charge >= 0.3 is 0 Å². The van der Waals surface area contributed by atoms with E-state index in [0.717, 1.165) is 5.75 Å². The normalized spacial score (nSPS) is 15.6. The van der Waals surface area contributed by atoms with E-state index in [-0.39, 0.29) is 11.9 Å². The number of ether oxygens (including phenoxy) is 2. The second-order valence-electron chi connectivity index (χ2n) is 3.76. The van der Waals surface area contributed by atoms with Crippen LogP contribution in [0.1, 0.15) is 10.4 Å². The summed E-state index contributed by atoms with van der Waals surface area (Å²) in [4.78, 5) is 11.6. The fraction of sp³-hybridized carbons (Fsp3) is 0.417. The highest BCUT2D eigenvalue weighted by Gasteiger charge is 2.20. The average Bonchev–Trinajstić information content (AvgIpc) is 2.24. The fourth-order valence-electron chi connectivity index (χ4n) is 1.48. The molecule has 4 heteroatoms. The Hall–Kier alpha value is -1.39. The van der Waals surface area contributed by atoms with Crippen molar-refractivity contribution in [2.24, 2.45) is 0 Å². The quantitative estimate of drug-likeness (QED) is 0.749. The molecule has 4 nitrogen and oxygen atoms in total. The van der Waals surface area contributed by atoms with Crippen molar-refractivity contribution in [3.63, 3.8) is 0 Å². The number of ketones is 1. The molecule has 1 fully saturated rings. The molecule has 1 heterocycles. The van der Waals surface area contributed by atoms with Crippen molar-refractivity contribution in [2.45, 2.75) is 6.10 Å². The van der Waals surface area contributed by atoms with Crippen molar-refractivity contribution in [1.82, 2.24) is 5.32 Å². The van der Waals surface area contributed by atoms with Gasteiger partial charge in [-0.3, -0.25) is 4.79 Å². The molecule has 1 aliphatic heterocycles. The molecule has 86 valence electrons. The van der Waals surface area contributed by atoms with Crippen molar-refractivity contribution in [2.75, 3.05) is 26.8 Å². The van der Waals surface area contributed by atoms with Crippen LogP contribution in [0.3, 0.4) is 0 Å². The van der Waals surface area contributed by atoms with E-state index in [4.69, 9.17) is 9.47 Å². The molecular weight excluding hydrogens is 206 g/mol. The minimum absolute atomic E-state index is 0.0674. The number of Topliss-reactive ketones (excluding diaryl/α,β-unsaturated/α-hetero) is 1. The highest BCUT2D eigenvalue weighted by atomic mass is 16.6. The lowest BCUT2D eigenvalue weighted by Crippen LogP contribution is -2.38. The molecule has 1 N–H and O–H groups in total. The molecule has 0 saturated carbocycles. The van der Waals surface area contributed by atoms with E-state index >= 15 is 0 Å². The molecule has 0 radical (unpaired) electrons. The van der Waals surface area contributed by atoms with E-state index in [2.05, 4.69) is 5.32 Å². The predicted molar refractivity (Wildman–Crippen MR) is 59.9 cm³/mol. The van der Waals surface area contributed by atoms with Gasteiger partial charge < -0.3 is 14.8 Å². The second kappa shape index (κ2) is 5.09. The minimum Gasteiger partial charge on any atom is -0.486 e. The molecule has 1 aromatic rings. The van der Waals surface area contributed by atoms with Gasteiger partial charge in [0.15, 0.2) is 5.78 Å². The Morgan fingerprint density at radius 2 is 2.38 bits per heavy atom. The Kier molecular flexibility index (Phi) is 3.54. The lowest BCUT2D eigenvalue weighted by molar-refractivity contribution is -0.0796. The molecule has 1 aromatic carbocycles. The number of hydrogen-bond donors (Lipinski definition) is 1. The highest BCUT2D eigenvalue weighted by molar-refractivity contribution is 5.97. The number of carbonyl (C=O) groups excluding carboxylic acids is 1. The van der Waals surface area contributed by atoms with Crippen molar-refractivity contribution >= 4 is 5.78 Å². The third-order valence-corrected chi connectivity index (χ3v) is 2.40. The summed E-state index contributed by atoms with van der Waals surface area (Å²) in [6.07, 6.45) is 0.134. The van der Waals surface area contributed by atoms with Crippen LogP contribution in [-0.4, -0.2) is 38.7 Å². The number of rotatable bonds is 5. The van der Waals surface area contributed by atoms with Crippen LogP contribution in [0.15, 0.2) is 24.3 Å². The molecule has 0 aliphatic carbocycles. The van der Waals surface area contributed by atoms with Gasteiger partial charge in [0.25, 0.3) is 0 Å². The van der Waals surface area contributed by atoms with E-state index in [9.17, 15) is 4.79 Å². The zero-order valence-corrected chi connectivity index (χ0v) is 9.23. The van der Waals surface area contributed by atoms with Gasteiger partial charge in [0.2, 0.25) is 0 Å². The number of benzene rings is 1. The first kappa shape index (κ1) is 11.1. The molecule has 0 bridgehead atoms. The first-order chi connectivity index (χ1) is 7.79. The Morgan fingerprint density at radius 3 is 3.00 bits per heavy atom. The largest absolute Gasteiger partial charge is 0.486 e. The van der Waals surface area contributed by atoms with Gasteiger partial charge in [-0.2, -0.15) is 0 Å². The maximum Gasteiger partial charge on any atom is 0.176 e. The fourth-order valence-corrected chi connectivity index (χ4v) is 1.48. The average molecular weight is 221 g/mol. The maximum atomic E-state index is 11.6. The van der Waals surface area contributed by atoms with Crippen molar-refractivity contribution in [1.29, 1.82) is 0 Å². The topological polar surface area (TPSA) is 47.6 Å². The van der Waals surface area contributed by atoms with Crippen LogP contribution in [0.4, 0.5) is 0 Å². The SMILES string of the molecule is CNCC(=O)c1cccc(OC2COC2)c1. The Labute approximate surface area is 94.6 Å². The molecule has 1 saturated heterocycles. The summed E-state index contributed by atoms with van der Waals surface area (Å²) in [6, 6.07) is 7.26. The lowest BCUT2D eigenvalue weighted by Gasteiger charge is -2.26. The van der Waals surface area contributed by atoms with Crippen LogP contribution < -0.4 is 10.1 Å². The van der Waals surface area contributed by atoms with E-state index in [0.29, 0.717) is 25.3 Å². The molecule has 0 spiro atoms. The maximum absolute atomic E-state index is 11.6. The summed E-state index contributed by atoms with van der Waals surface area (Å²) in [5.41, 5.74) is 0.673. The van der Waals surface area contributed by atoms with Gasteiger partial charge in [0.1, 0.15) is 11.9 Å². The molecular formula is C12H15NO3. The van der Waals surface area contributed by atoms with Crippen LogP contribution in [0, 0.1) is 0 Å². The smallest absolute Gasteiger partial charge is 0.176 e. The van der Waals surface area contributed by atoms with Gasteiger partial charge in [-0.25, -0.2) is 0 Å². The summed E-state index contributed by atoms with van der Waals surface area (Å²) in [5, 5.41) is 2.84. The van der Waals surface area contributed by atoms with Crippen molar-refractivity contribution < 1.29 is 14.3 Å². The number of hydrogen-bond acceptors (Lipinski definition) is 4. The Balaban J connectivity index is 2.03. The summed E-state index contributed by atoms with van der Waals surface area (Å²) in [6.45, 7) is 1.61. The van der Waals surface area contributed by atoms with Gasteiger partial charge in [0, 0.05) is 5.56 Å². The minimum atomic E-state index is 0.0674. The molecule has 2 rings (SSSR count). The first-order valence-electron chi connectivity index (χ1n) is 5.32. The van der Waals surface area contributed by atoms with Crippen LogP contribution in [-0.2, 0) is 4.74 Å². The van der Waals surface area contributed by atoms with Gasteiger partial charge in [0.05, 0.1) is 19.8 Å². The van der Waals surface area contributed by atoms with Crippen LogP contribution in [0.25, 0.3) is 0 Å². The molecule has 0 unspecified atom stereocenters. The molecule has 0 amide bonds. The molecule has 0 atom stereocenters. The first-order valence-corrected chi connectivity index (χ1v) is 5.32. The highest BCUT2D eigenvalue weighted by Crippen LogP contribution is 2.17. The standard InChI is InChI=1S/C12H15NO3/c1-13-6-12(14)9-3-2-4-10(5-9)16-11-7-15-8-11/h2-5,11,13H,6-8H2,1H3. The van der Waals surface area contributed by atoms with Gasteiger partial charge in [-0.05, 0) is 19.2 Å². The van der Waals surface area contributed by atoms with Crippen LogP contribution in [0.5, 0.6) is 5.75 Å². The summed E-state index contributed by atoms with van der Waals surface area (Å²) in [5.74, 6) is 0.799. The number of nitrogens with one attached hydrogen (secondary N) is 1. The third kappa shape index (κ3) is 2.59. The summed E-state index contributed by atoms with van der Waals surface area (Å²) >= 11 is 0. The zero-order chi connectivity index (χ0) is 11.4. The monoisotopic (exact) mass is 221 g/mol. The van der Waals surface area contributed by atoms with Crippen molar-refractivity contribution in [3.8, 4) is 5.75 Å². The van der Waals surface area contributed by atoms with Crippen LogP contribution in [0.2, 0.25) is 0 Å².